The Labute approximate surface area is 107 Å². The molecule has 3 heteroatoms. The predicted molar refractivity (Wildman–Crippen MR) is 51.5 cm³/mol. The number of halogens is 1. The van der Waals surface area contributed by atoms with Crippen molar-refractivity contribution in [2.45, 2.75) is 26.9 Å². The van der Waals surface area contributed by atoms with E-state index in [0.29, 0.717) is 0 Å². The maximum Gasteiger partial charge on any atom is 2.00 e. The summed E-state index contributed by atoms with van der Waals surface area (Å²) >= 11 is 0. The number of ether oxygens (including phenoxy) is 1. The van der Waals surface area contributed by atoms with Crippen molar-refractivity contribution in [2.75, 3.05) is 0 Å². The van der Waals surface area contributed by atoms with Gasteiger partial charge in [0.15, 0.2) is 0 Å². The van der Waals surface area contributed by atoms with Crippen molar-refractivity contribution in [3.63, 3.8) is 0 Å². The van der Waals surface area contributed by atoms with Crippen molar-refractivity contribution in [1.82, 2.24) is 0 Å². The largest absolute Gasteiger partial charge is 2.00 e. The van der Waals surface area contributed by atoms with Crippen LogP contribution in [0.3, 0.4) is 0 Å². The minimum atomic E-state index is 0. The van der Waals surface area contributed by atoms with Gasteiger partial charge >= 0.3 is 23.1 Å². The molecule has 1 nitrogen and oxygen atoms in total. The Morgan fingerprint density at radius 3 is 2.46 bits per heavy atom. The van der Waals surface area contributed by atoms with E-state index in [1.54, 1.807) is 0 Å². The van der Waals surface area contributed by atoms with Crippen LogP contribution in [0, 0.1) is 13.0 Å². The molecule has 0 saturated heterocycles. The molecule has 1 rings (SSSR count). The Hall–Kier alpha value is 0.266. The van der Waals surface area contributed by atoms with Crippen LogP contribution in [0.15, 0.2) is 18.2 Å². The molecule has 0 aliphatic rings. The van der Waals surface area contributed by atoms with Gasteiger partial charge in [-0.15, -0.1) is 12.1 Å². The van der Waals surface area contributed by atoms with Crippen LogP contribution in [0.2, 0.25) is 0 Å². The first-order valence-corrected chi connectivity index (χ1v) is 3.83. The molecule has 0 aromatic heterocycles. The maximum absolute atomic E-state index is 5.48. The zero-order chi connectivity index (χ0) is 8.27. The molecule has 0 bridgehead atoms. The summed E-state index contributed by atoms with van der Waals surface area (Å²) in [4.78, 5) is 0. The minimum absolute atomic E-state index is 0. The van der Waals surface area contributed by atoms with Crippen LogP contribution in [0.1, 0.15) is 19.4 Å². The summed E-state index contributed by atoms with van der Waals surface area (Å²) in [7, 11) is 0. The quantitative estimate of drug-likeness (QED) is 0.496. The van der Waals surface area contributed by atoms with E-state index in [0.717, 1.165) is 11.3 Å². The van der Waals surface area contributed by atoms with Crippen molar-refractivity contribution in [2.24, 2.45) is 0 Å². The van der Waals surface area contributed by atoms with Crippen LogP contribution in [0.25, 0.3) is 0 Å². The van der Waals surface area contributed by atoms with E-state index in [9.17, 15) is 0 Å². The monoisotopic (exact) mass is 252 g/mol. The summed E-state index contributed by atoms with van der Waals surface area (Å²) in [5.74, 6) is 0.927. The summed E-state index contributed by atoms with van der Waals surface area (Å²) < 4.78 is 5.48. The molecule has 0 aliphatic carbocycles. The van der Waals surface area contributed by atoms with E-state index in [4.69, 9.17) is 4.74 Å². The molecular formula is C10H13BrMgO. The second-order valence-electron chi connectivity index (χ2n) is 2.87. The fourth-order valence-corrected chi connectivity index (χ4v) is 0.904. The van der Waals surface area contributed by atoms with E-state index >= 15 is 0 Å². The molecule has 68 valence electrons. The molecule has 1 aromatic carbocycles. The van der Waals surface area contributed by atoms with Crippen LogP contribution in [0.5, 0.6) is 5.75 Å². The molecule has 0 fully saturated rings. The summed E-state index contributed by atoms with van der Waals surface area (Å²) in [5.41, 5.74) is 1.11. The normalized spacial score (nSPS) is 8.62. The van der Waals surface area contributed by atoms with Gasteiger partial charge in [-0.05, 0) is 13.8 Å². The van der Waals surface area contributed by atoms with Gasteiger partial charge in [0.1, 0.15) is 0 Å². The molecule has 0 atom stereocenters. The predicted octanol–water partition coefficient (Wildman–Crippen LogP) is -0.794. The van der Waals surface area contributed by atoms with E-state index in [1.807, 2.05) is 39.0 Å². The molecule has 0 radical (unpaired) electrons. The van der Waals surface area contributed by atoms with Crippen LogP contribution < -0.4 is 21.7 Å². The molecule has 0 unspecified atom stereocenters. The average molecular weight is 253 g/mol. The van der Waals surface area contributed by atoms with E-state index in [1.165, 1.54) is 0 Å². The number of aryl methyl sites for hydroxylation is 1. The Morgan fingerprint density at radius 1 is 1.38 bits per heavy atom. The zero-order valence-corrected chi connectivity index (χ0v) is 11.3. The summed E-state index contributed by atoms with van der Waals surface area (Å²) in [6.45, 7) is 6.05. The minimum Gasteiger partial charge on any atom is -1.00 e. The third-order valence-corrected chi connectivity index (χ3v) is 1.29. The van der Waals surface area contributed by atoms with E-state index < -0.39 is 0 Å². The Balaban J connectivity index is 0. The first kappa shape index (κ1) is 15.7. The Bertz CT molecular complexity index is 238. The molecule has 0 amide bonds. The molecule has 0 aliphatic heterocycles. The fraction of sp³-hybridized carbons (Fsp3) is 0.400. The standard InChI is InChI=1S/C10H13O.BrH.Mg/c1-8(2)11-10-6-4-5-9(3)7-10;;/h4,6-8H,1-3H3;1H;/q-1;;+2/p-1. The van der Waals surface area contributed by atoms with E-state index in [-0.39, 0.29) is 46.1 Å². The van der Waals surface area contributed by atoms with E-state index in [2.05, 4.69) is 6.07 Å². The van der Waals surface area contributed by atoms with Gasteiger partial charge in [-0.25, -0.2) is 0 Å². The van der Waals surface area contributed by atoms with Gasteiger partial charge in [0.05, 0.1) is 6.10 Å². The number of hydrogen-bond acceptors (Lipinski definition) is 1. The maximum atomic E-state index is 5.48. The first-order valence-electron chi connectivity index (χ1n) is 3.83. The smallest absolute Gasteiger partial charge is 1.00 e. The topological polar surface area (TPSA) is 9.23 Å². The van der Waals surface area contributed by atoms with Crippen molar-refractivity contribution in [1.29, 1.82) is 0 Å². The van der Waals surface area contributed by atoms with Gasteiger partial charge < -0.3 is 21.7 Å². The molecule has 13 heavy (non-hydrogen) atoms. The second-order valence-corrected chi connectivity index (χ2v) is 2.87. The molecular weight excluding hydrogens is 240 g/mol. The van der Waals surface area contributed by atoms with Gasteiger partial charge in [0.2, 0.25) is 0 Å². The molecule has 1 aromatic rings. The van der Waals surface area contributed by atoms with Gasteiger partial charge in [-0.1, -0.05) is 6.92 Å². The van der Waals surface area contributed by atoms with Crippen LogP contribution in [-0.4, -0.2) is 29.2 Å². The number of hydrogen-bond donors (Lipinski definition) is 0. The second kappa shape index (κ2) is 7.65. The molecule has 0 N–H and O–H groups in total. The molecule has 0 saturated carbocycles. The van der Waals surface area contributed by atoms with Gasteiger partial charge in [-0.3, -0.25) is 0 Å². The Morgan fingerprint density at radius 2 is 2.00 bits per heavy atom. The van der Waals surface area contributed by atoms with Gasteiger partial charge in [0, 0.05) is 5.75 Å². The van der Waals surface area contributed by atoms with Crippen LogP contribution >= 0.6 is 0 Å². The average Bonchev–Trinajstić information content (AvgIpc) is 1.85. The third kappa shape index (κ3) is 6.35. The SMILES string of the molecule is Cc1[c-]ccc(OC(C)C)c1.[Br-].[Mg+2]. The summed E-state index contributed by atoms with van der Waals surface area (Å²) in [5, 5.41) is 0. The number of benzene rings is 1. The van der Waals surface area contributed by atoms with Crippen molar-refractivity contribution in [3.05, 3.63) is 29.8 Å². The molecule has 0 spiro atoms. The van der Waals surface area contributed by atoms with Gasteiger partial charge in [-0.2, -0.15) is 17.7 Å². The Kier molecular flexibility index (Phi) is 9.25. The van der Waals surface area contributed by atoms with Gasteiger partial charge in [0.25, 0.3) is 0 Å². The van der Waals surface area contributed by atoms with Crippen molar-refractivity contribution >= 4 is 23.1 Å². The molecule has 0 heterocycles. The van der Waals surface area contributed by atoms with Crippen molar-refractivity contribution in [3.8, 4) is 5.75 Å². The fourth-order valence-electron chi connectivity index (χ4n) is 0.904. The third-order valence-electron chi connectivity index (χ3n) is 1.29. The van der Waals surface area contributed by atoms with Crippen LogP contribution in [0.4, 0.5) is 0 Å². The zero-order valence-electron chi connectivity index (χ0n) is 8.30. The summed E-state index contributed by atoms with van der Waals surface area (Å²) in [6, 6.07) is 8.86. The number of rotatable bonds is 2. The summed E-state index contributed by atoms with van der Waals surface area (Å²) in [6.07, 6.45) is 0.247. The van der Waals surface area contributed by atoms with Crippen LogP contribution in [-0.2, 0) is 0 Å². The first-order chi connectivity index (χ1) is 5.18. The van der Waals surface area contributed by atoms with Crippen molar-refractivity contribution < 1.29 is 21.7 Å².